The minimum atomic E-state index is -0.543. The van der Waals surface area contributed by atoms with Crippen LogP contribution in [-0.4, -0.2) is 25.0 Å². The van der Waals surface area contributed by atoms with Crippen LogP contribution in [-0.2, 0) is 14.3 Å². The van der Waals surface area contributed by atoms with Crippen molar-refractivity contribution < 1.29 is 14.3 Å². The summed E-state index contributed by atoms with van der Waals surface area (Å²) >= 11 is 0. The number of rotatable bonds is 8. The molecule has 0 aliphatic rings. The van der Waals surface area contributed by atoms with Crippen LogP contribution in [0.4, 0.5) is 0 Å². The maximum Gasteiger partial charge on any atom is 0.328 e. The van der Waals surface area contributed by atoms with Crippen LogP contribution in [0.25, 0.3) is 0 Å². The first kappa shape index (κ1) is 16.9. The Morgan fingerprint density at radius 1 is 1.22 bits per heavy atom. The quantitative estimate of drug-likeness (QED) is 0.680. The standard InChI is InChI=1S/C14H27NO3/c1-6-8-9-11(7-2)13(16)15-12(10(3)4)14(17)18-5/h10-12H,6-9H2,1-5H3,(H,15,16). The monoisotopic (exact) mass is 257 g/mol. The summed E-state index contributed by atoms with van der Waals surface area (Å²) in [6, 6.07) is -0.543. The number of unbranched alkanes of at least 4 members (excludes halogenated alkanes) is 1. The molecule has 0 spiro atoms. The van der Waals surface area contributed by atoms with Crippen LogP contribution >= 0.6 is 0 Å². The molecule has 0 saturated heterocycles. The summed E-state index contributed by atoms with van der Waals surface area (Å²) in [7, 11) is 1.35. The van der Waals surface area contributed by atoms with Crippen molar-refractivity contribution >= 4 is 11.9 Å². The number of ether oxygens (including phenoxy) is 1. The molecule has 1 amide bonds. The van der Waals surface area contributed by atoms with E-state index >= 15 is 0 Å². The second-order valence-corrected chi connectivity index (χ2v) is 5.00. The lowest BCUT2D eigenvalue weighted by Gasteiger charge is -2.23. The molecule has 4 nitrogen and oxygen atoms in total. The SMILES string of the molecule is CCCCC(CC)C(=O)NC(C(=O)OC)C(C)C. The molecule has 0 bridgehead atoms. The number of esters is 1. The van der Waals surface area contributed by atoms with Gasteiger partial charge in [0.15, 0.2) is 0 Å². The molecular weight excluding hydrogens is 230 g/mol. The Hall–Kier alpha value is -1.06. The number of nitrogens with one attached hydrogen (secondary N) is 1. The number of hydrogen-bond donors (Lipinski definition) is 1. The summed E-state index contributed by atoms with van der Waals surface area (Å²) in [4.78, 5) is 23.7. The van der Waals surface area contributed by atoms with E-state index in [1.165, 1.54) is 7.11 Å². The number of carbonyl (C=O) groups is 2. The van der Waals surface area contributed by atoms with Gasteiger partial charge in [0.1, 0.15) is 6.04 Å². The molecule has 0 fully saturated rings. The maximum atomic E-state index is 12.1. The van der Waals surface area contributed by atoms with Gasteiger partial charge < -0.3 is 10.1 Å². The highest BCUT2D eigenvalue weighted by atomic mass is 16.5. The van der Waals surface area contributed by atoms with Crippen LogP contribution in [0.2, 0.25) is 0 Å². The van der Waals surface area contributed by atoms with Crippen LogP contribution in [0.3, 0.4) is 0 Å². The average Bonchev–Trinajstić information content (AvgIpc) is 2.35. The number of amides is 1. The summed E-state index contributed by atoms with van der Waals surface area (Å²) in [6.07, 6.45) is 3.80. The van der Waals surface area contributed by atoms with Crippen molar-refractivity contribution in [2.45, 2.75) is 59.4 Å². The van der Waals surface area contributed by atoms with Crippen molar-refractivity contribution in [2.75, 3.05) is 7.11 Å². The molecule has 0 saturated carbocycles. The molecule has 0 aromatic rings. The van der Waals surface area contributed by atoms with Crippen LogP contribution in [0.15, 0.2) is 0 Å². The lowest BCUT2D eigenvalue weighted by atomic mass is 9.96. The Bertz CT molecular complexity index is 264. The van der Waals surface area contributed by atoms with Crippen molar-refractivity contribution in [1.82, 2.24) is 5.32 Å². The molecule has 18 heavy (non-hydrogen) atoms. The van der Waals surface area contributed by atoms with Crippen molar-refractivity contribution in [1.29, 1.82) is 0 Å². The lowest BCUT2D eigenvalue weighted by molar-refractivity contribution is -0.147. The van der Waals surface area contributed by atoms with Gasteiger partial charge in [-0.15, -0.1) is 0 Å². The highest BCUT2D eigenvalue weighted by molar-refractivity contribution is 5.85. The summed E-state index contributed by atoms with van der Waals surface area (Å²) < 4.78 is 4.72. The first-order chi connectivity index (χ1) is 8.47. The summed E-state index contributed by atoms with van der Waals surface area (Å²) in [5, 5.41) is 2.81. The van der Waals surface area contributed by atoms with E-state index in [9.17, 15) is 9.59 Å². The third-order valence-corrected chi connectivity index (χ3v) is 3.19. The average molecular weight is 257 g/mol. The van der Waals surface area contributed by atoms with E-state index in [0.717, 1.165) is 25.7 Å². The van der Waals surface area contributed by atoms with Crippen molar-refractivity contribution in [3.05, 3.63) is 0 Å². The smallest absolute Gasteiger partial charge is 0.328 e. The predicted octanol–water partition coefficient (Wildman–Crippen LogP) is 2.52. The number of carbonyl (C=O) groups excluding carboxylic acids is 2. The van der Waals surface area contributed by atoms with Gasteiger partial charge in [0, 0.05) is 5.92 Å². The Morgan fingerprint density at radius 2 is 1.83 bits per heavy atom. The molecule has 0 aliphatic heterocycles. The molecule has 4 heteroatoms. The van der Waals surface area contributed by atoms with Crippen molar-refractivity contribution in [3.8, 4) is 0 Å². The number of hydrogen-bond acceptors (Lipinski definition) is 3. The molecule has 0 rings (SSSR count). The van der Waals surface area contributed by atoms with E-state index in [1.54, 1.807) is 0 Å². The van der Waals surface area contributed by atoms with E-state index in [1.807, 2.05) is 20.8 Å². The van der Waals surface area contributed by atoms with E-state index in [2.05, 4.69) is 12.2 Å². The largest absolute Gasteiger partial charge is 0.467 e. The molecule has 2 unspecified atom stereocenters. The molecule has 0 aromatic carbocycles. The summed E-state index contributed by atoms with van der Waals surface area (Å²) in [6.45, 7) is 7.90. The Balaban J connectivity index is 4.51. The normalized spacial score (nSPS) is 14.1. The zero-order valence-electron chi connectivity index (χ0n) is 12.3. The predicted molar refractivity (Wildman–Crippen MR) is 72.1 cm³/mol. The van der Waals surface area contributed by atoms with Gasteiger partial charge >= 0.3 is 5.97 Å². The van der Waals surface area contributed by atoms with E-state index in [0.29, 0.717) is 0 Å². The topological polar surface area (TPSA) is 55.4 Å². The third-order valence-electron chi connectivity index (χ3n) is 3.19. The van der Waals surface area contributed by atoms with Gasteiger partial charge in [0.25, 0.3) is 0 Å². The van der Waals surface area contributed by atoms with Gasteiger partial charge in [-0.1, -0.05) is 40.5 Å². The van der Waals surface area contributed by atoms with Crippen LogP contribution in [0, 0.1) is 11.8 Å². The molecule has 0 aromatic heterocycles. The first-order valence-corrected chi connectivity index (χ1v) is 6.86. The van der Waals surface area contributed by atoms with Gasteiger partial charge in [-0.05, 0) is 18.8 Å². The molecule has 0 aliphatic carbocycles. The Labute approximate surface area is 110 Å². The minimum absolute atomic E-state index is 0.00384. The first-order valence-electron chi connectivity index (χ1n) is 6.86. The van der Waals surface area contributed by atoms with E-state index in [-0.39, 0.29) is 23.7 Å². The van der Waals surface area contributed by atoms with Gasteiger partial charge in [-0.2, -0.15) is 0 Å². The Kier molecular flexibility index (Phi) is 8.42. The zero-order chi connectivity index (χ0) is 14.1. The second kappa shape index (κ2) is 8.95. The van der Waals surface area contributed by atoms with E-state index < -0.39 is 6.04 Å². The lowest BCUT2D eigenvalue weighted by Crippen LogP contribution is -2.47. The number of methoxy groups -OCH3 is 1. The van der Waals surface area contributed by atoms with Crippen molar-refractivity contribution in [2.24, 2.45) is 11.8 Å². The van der Waals surface area contributed by atoms with Gasteiger partial charge in [0.05, 0.1) is 7.11 Å². The minimum Gasteiger partial charge on any atom is -0.467 e. The fourth-order valence-corrected chi connectivity index (χ4v) is 1.87. The maximum absolute atomic E-state index is 12.1. The molecule has 0 radical (unpaired) electrons. The molecule has 106 valence electrons. The zero-order valence-corrected chi connectivity index (χ0v) is 12.3. The summed E-state index contributed by atoms with van der Waals surface area (Å²) in [5.74, 6) is -0.375. The fraction of sp³-hybridized carbons (Fsp3) is 0.857. The van der Waals surface area contributed by atoms with Crippen LogP contribution in [0.5, 0.6) is 0 Å². The van der Waals surface area contributed by atoms with Gasteiger partial charge in [-0.25, -0.2) is 4.79 Å². The second-order valence-electron chi connectivity index (χ2n) is 5.00. The Morgan fingerprint density at radius 3 is 2.22 bits per heavy atom. The molecule has 0 heterocycles. The van der Waals surface area contributed by atoms with Crippen LogP contribution in [0.1, 0.15) is 53.4 Å². The molecular formula is C14H27NO3. The summed E-state index contributed by atoms with van der Waals surface area (Å²) in [5.41, 5.74) is 0. The highest BCUT2D eigenvalue weighted by Crippen LogP contribution is 2.14. The third kappa shape index (κ3) is 5.52. The van der Waals surface area contributed by atoms with Gasteiger partial charge in [0.2, 0.25) is 5.91 Å². The van der Waals surface area contributed by atoms with E-state index in [4.69, 9.17) is 4.74 Å². The highest BCUT2D eigenvalue weighted by Gasteiger charge is 2.27. The van der Waals surface area contributed by atoms with Crippen LogP contribution < -0.4 is 5.32 Å². The molecule has 2 atom stereocenters. The molecule has 1 N–H and O–H groups in total. The van der Waals surface area contributed by atoms with Crippen molar-refractivity contribution in [3.63, 3.8) is 0 Å². The fourth-order valence-electron chi connectivity index (χ4n) is 1.87. The van der Waals surface area contributed by atoms with Gasteiger partial charge in [-0.3, -0.25) is 4.79 Å².